The molecule has 1 amide bonds. The average molecular weight is 252 g/mol. The molecule has 18 heavy (non-hydrogen) atoms. The van der Waals surface area contributed by atoms with E-state index in [1.165, 1.54) is 0 Å². The van der Waals surface area contributed by atoms with Gasteiger partial charge in [-0.3, -0.25) is 9.59 Å². The van der Waals surface area contributed by atoms with Crippen LogP contribution in [0.4, 0.5) is 0 Å². The molecule has 6 heteroatoms. The first kappa shape index (κ1) is 12.6. The van der Waals surface area contributed by atoms with Crippen LogP contribution in [0.25, 0.3) is 0 Å². The Labute approximate surface area is 105 Å². The standard InChI is InChI=1S/C12H16N2O4/c1-7-10(8(2)18-13-7)11(15)14-5-3-4-9(6-14)12(16)17/h9H,3-6H2,1-2H3,(H,16,17)/t9-/m0/s1. The van der Waals surface area contributed by atoms with Gasteiger partial charge in [-0.1, -0.05) is 5.16 Å². The Morgan fingerprint density at radius 1 is 1.44 bits per heavy atom. The lowest BCUT2D eigenvalue weighted by Gasteiger charge is -2.30. The number of hydrogen-bond acceptors (Lipinski definition) is 4. The number of aromatic nitrogens is 1. The molecule has 0 bridgehead atoms. The minimum absolute atomic E-state index is 0.183. The van der Waals surface area contributed by atoms with Crippen LogP contribution in [0.1, 0.15) is 34.7 Å². The summed E-state index contributed by atoms with van der Waals surface area (Å²) in [6, 6.07) is 0. The van der Waals surface area contributed by atoms with Crippen LogP contribution in [0.5, 0.6) is 0 Å². The quantitative estimate of drug-likeness (QED) is 0.855. The fourth-order valence-electron chi connectivity index (χ4n) is 2.31. The molecule has 0 unspecified atom stereocenters. The van der Waals surface area contributed by atoms with Gasteiger partial charge in [-0.05, 0) is 26.7 Å². The summed E-state index contributed by atoms with van der Waals surface area (Å²) in [4.78, 5) is 24.9. The lowest BCUT2D eigenvalue weighted by atomic mass is 9.97. The van der Waals surface area contributed by atoms with E-state index < -0.39 is 11.9 Å². The summed E-state index contributed by atoms with van der Waals surface area (Å²) >= 11 is 0. The third-order valence-corrected chi connectivity index (χ3v) is 3.31. The zero-order valence-electron chi connectivity index (χ0n) is 10.5. The van der Waals surface area contributed by atoms with Gasteiger partial charge >= 0.3 is 5.97 Å². The molecular weight excluding hydrogens is 236 g/mol. The SMILES string of the molecule is Cc1noc(C)c1C(=O)N1CCC[C@H](C(=O)O)C1. The van der Waals surface area contributed by atoms with Gasteiger partial charge in [0.25, 0.3) is 5.91 Å². The Balaban J connectivity index is 2.17. The highest BCUT2D eigenvalue weighted by molar-refractivity contribution is 5.96. The lowest BCUT2D eigenvalue weighted by Crippen LogP contribution is -2.42. The monoisotopic (exact) mass is 252 g/mol. The van der Waals surface area contributed by atoms with Crippen molar-refractivity contribution in [3.8, 4) is 0 Å². The summed E-state index contributed by atoms with van der Waals surface area (Å²) in [6.45, 7) is 4.25. The molecular formula is C12H16N2O4. The predicted molar refractivity (Wildman–Crippen MR) is 62.2 cm³/mol. The first-order chi connectivity index (χ1) is 8.50. The van der Waals surface area contributed by atoms with Crippen molar-refractivity contribution in [1.82, 2.24) is 10.1 Å². The number of likely N-dealkylation sites (tertiary alicyclic amines) is 1. The molecule has 1 aromatic rings. The van der Waals surface area contributed by atoms with Crippen LogP contribution in [0.3, 0.4) is 0 Å². The molecule has 6 nitrogen and oxygen atoms in total. The zero-order chi connectivity index (χ0) is 13.3. The number of carbonyl (C=O) groups is 2. The summed E-state index contributed by atoms with van der Waals surface area (Å²) in [6.07, 6.45) is 1.34. The van der Waals surface area contributed by atoms with Crippen LogP contribution >= 0.6 is 0 Å². The summed E-state index contributed by atoms with van der Waals surface area (Å²) in [5.74, 6) is -1.01. The topological polar surface area (TPSA) is 83.6 Å². The predicted octanol–water partition coefficient (Wildman–Crippen LogP) is 1.23. The third kappa shape index (κ3) is 2.23. The molecule has 1 saturated heterocycles. The normalized spacial score (nSPS) is 19.9. The molecule has 0 spiro atoms. The van der Waals surface area contributed by atoms with Crippen LogP contribution in [-0.2, 0) is 4.79 Å². The summed E-state index contributed by atoms with van der Waals surface area (Å²) in [7, 11) is 0. The van der Waals surface area contributed by atoms with E-state index in [4.69, 9.17) is 9.63 Å². The number of carboxylic acids is 1. The number of carboxylic acid groups (broad SMARTS) is 1. The fraction of sp³-hybridized carbons (Fsp3) is 0.583. The maximum absolute atomic E-state index is 12.3. The number of rotatable bonds is 2. The van der Waals surface area contributed by atoms with Crippen molar-refractivity contribution < 1.29 is 19.2 Å². The van der Waals surface area contributed by atoms with Gasteiger partial charge in [0.1, 0.15) is 11.3 Å². The van der Waals surface area contributed by atoms with Crippen molar-refractivity contribution in [3.05, 3.63) is 17.0 Å². The summed E-state index contributed by atoms with van der Waals surface area (Å²) < 4.78 is 4.97. The van der Waals surface area contributed by atoms with Crippen molar-refractivity contribution in [2.45, 2.75) is 26.7 Å². The van der Waals surface area contributed by atoms with Crippen molar-refractivity contribution in [1.29, 1.82) is 0 Å². The van der Waals surface area contributed by atoms with Gasteiger partial charge in [-0.25, -0.2) is 0 Å². The van der Waals surface area contributed by atoms with Gasteiger partial charge in [-0.15, -0.1) is 0 Å². The molecule has 1 aliphatic rings. The molecule has 1 N–H and O–H groups in total. The number of nitrogens with zero attached hydrogens (tertiary/aromatic N) is 2. The second kappa shape index (κ2) is 4.80. The molecule has 0 saturated carbocycles. The molecule has 1 aliphatic heterocycles. The number of hydrogen-bond donors (Lipinski definition) is 1. The molecule has 1 aromatic heterocycles. The van der Waals surface area contributed by atoms with Gasteiger partial charge in [0, 0.05) is 13.1 Å². The number of piperidine rings is 1. The van der Waals surface area contributed by atoms with E-state index in [0.29, 0.717) is 36.4 Å². The minimum atomic E-state index is -0.841. The summed E-state index contributed by atoms with van der Waals surface area (Å²) in [5.41, 5.74) is 1.01. The van der Waals surface area contributed by atoms with Gasteiger partial charge in [0.2, 0.25) is 0 Å². The van der Waals surface area contributed by atoms with E-state index >= 15 is 0 Å². The molecule has 98 valence electrons. The highest BCUT2D eigenvalue weighted by Gasteiger charge is 2.31. The first-order valence-corrected chi connectivity index (χ1v) is 5.95. The van der Waals surface area contributed by atoms with E-state index in [1.54, 1.807) is 18.7 Å². The van der Waals surface area contributed by atoms with Gasteiger partial charge in [0.05, 0.1) is 11.6 Å². The molecule has 0 radical (unpaired) electrons. The zero-order valence-corrected chi connectivity index (χ0v) is 10.5. The maximum Gasteiger partial charge on any atom is 0.308 e. The van der Waals surface area contributed by atoms with Gasteiger partial charge < -0.3 is 14.5 Å². The first-order valence-electron chi connectivity index (χ1n) is 5.95. The Morgan fingerprint density at radius 3 is 2.72 bits per heavy atom. The van der Waals surface area contributed by atoms with Crippen molar-refractivity contribution >= 4 is 11.9 Å². The molecule has 2 heterocycles. The molecule has 2 rings (SSSR count). The van der Waals surface area contributed by atoms with E-state index in [1.807, 2.05) is 0 Å². The molecule has 0 aliphatic carbocycles. The Bertz CT molecular complexity index is 461. The van der Waals surface area contributed by atoms with Crippen molar-refractivity contribution in [2.75, 3.05) is 13.1 Å². The Kier molecular flexibility index (Phi) is 3.36. The van der Waals surface area contributed by atoms with E-state index in [0.717, 1.165) is 0 Å². The van der Waals surface area contributed by atoms with Crippen LogP contribution in [-0.4, -0.2) is 40.1 Å². The maximum atomic E-state index is 12.3. The van der Waals surface area contributed by atoms with Crippen LogP contribution in [0.2, 0.25) is 0 Å². The minimum Gasteiger partial charge on any atom is -0.481 e. The highest BCUT2D eigenvalue weighted by atomic mass is 16.5. The van der Waals surface area contributed by atoms with Crippen LogP contribution in [0, 0.1) is 19.8 Å². The van der Waals surface area contributed by atoms with E-state index in [2.05, 4.69) is 5.16 Å². The number of carbonyl (C=O) groups excluding carboxylic acids is 1. The largest absolute Gasteiger partial charge is 0.481 e. The fourth-order valence-corrected chi connectivity index (χ4v) is 2.31. The van der Waals surface area contributed by atoms with Crippen LogP contribution in [0.15, 0.2) is 4.52 Å². The number of amides is 1. The summed E-state index contributed by atoms with van der Waals surface area (Å²) in [5, 5.41) is 12.8. The highest BCUT2D eigenvalue weighted by Crippen LogP contribution is 2.21. The van der Waals surface area contributed by atoms with E-state index in [9.17, 15) is 9.59 Å². The van der Waals surface area contributed by atoms with Gasteiger partial charge in [-0.2, -0.15) is 0 Å². The second-order valence-electron chi connectivity index (χ2n) is 4.63. The smallest absolute Gasteiger partial charge is 0.308 e. The molecule has 1 atom stereocenters. The molecule has 1 fully saturated rings. The third-order valence-electron chi connectivity index (χ3n) is 3.31. The number of aryl methyl sites for hydroxylation is 2. The Morgan fingerprint density at radius 2 is 2.17 bits per heavy atom. The lowest BCUT2D eigenvalue weighted by molar-refractivity contribution is -0.143. The van der Waals surface area contributed by atoms with E-state index in [-0.39, 0.29) is 12.5 Å². The number of aliphatic carboxylic acids is 1. The van der Waals surface area contributed by atoms with Gasteiger partial charge in [0.15, 0.2) is 0 Å². The van der Waals surface area contributed by atoms with Crippen molar-refractivity contribution in [3.63, 3.8) is 0 Å². The Hall–Kier alpha value is -1.85. The second-order valence-corrected chi connectivity index (χ2v) is 4.63. The van der Waals surface area contributed by atoms with Crippen molar-refractivity contribution in [2.24, 2.45) is 5.92 Å². The molecule has 0 aromatic carbocycles. The average Bonchev–Trinajstić information content (AvgIpc) is 2.68. The van der Waals surface area contributed by atoms with Crippen LogP contribution < -0.4 is 0 Å².